The van der Waals surface area contributed by atoms with Gasteiger partial charge in [0.1, 0.15) is 11.9 Å². The summed E-state index contributed by atoms with van der Waals surface area (Å²) in [6.45, 7) is 3.86. The Morgan fingerprint density at radius 3 is 2.72 bits per heavy atom. The molecule has 0 radical (unpaired) electrons. The summed E-state index contributed by atoms with van der Waals surface area (Å²) in [4.78, 5) is 26.7. The third kappa shape index (κ3) is 4.01. The van der Waals surface area contributed by atoms with E-state index in [2.05, 4.69) is 0 Å². The first-order chi connectivity index (χ1) is 15.3. The van der Waals surface area contributed by atoms with Crippen LogP contribution in [-0.4, -0.2) is 39.5 Å². The van der Waals surface area contributed by atoms with Crippen LogP contribution in [0.3, 0.4) is 0 Å². The minimum Gasteiger partial charge on any atom is -0.480 e. The SMILES string of the molecule is CCC(C(=O)O)n1c2c(c3cc(F)ccc31)CC(N(C)C(=O)Cc1cccc(C)c1)CC2. The molecule has 0 saturated heterocycles. The van der Waals surface area contributed by atoms with Crippen LogP contribution in [0, 0.1) is 12.7 Å². The molecule has 2 aromatic carbocycles. The molecule has 1 amide bonds. The third-order valence-corrected chi connectivity index (χ3v) is 6.70. The molecular formula is C26H29FN2O3. The van der Waals surface area contributed by atoms with Crippen molar-refractivity contribution in [1.82, 2.24) is 9.47 Å². The maximum absolute atomic E-state index is 14.1. The minimum absolute atomic E-state index is 0.00738. The van der Waals surface area contributed by atoms with E-state index in [0.717, 1.165) is 39.7 Å². The fourth-order valence-electron chi connectivity index (χ4n) is 5.03. The highest BCUT2D eigenvalue weighted by Crippen LogP contribution is 2.37. The fourth-order valence-corrected chi connectivity index (χ4v) is 5.03. The second-order valence-electron chi connectivity index (χ2n) is 8.79. The Hall–Kier alpha value is -3.15. The Bertz CT molecular complexity index is 1180. The number of nitrogens with zero attached hydrogens (tertiary/aromatic N) is 2. The number of hydrogen-bond donors (Lipinski definition) is 1. The van der Waals surface area contributed by atoms with Crippen molar-refractivity contribution in [3.05, 3.63) is 70.7 Å². The molecule has 0 fully saturated rings. The van der Waals surface area contributed by atoms with Crippen molar-refractivity contribution in [2.24, 2.45) is 0 Å². The predicted octanol–water partition coefficient (Wildman–Crippen LogP) is 4.68. The lowest BCUT2D eigenvalue weighted by atomic mass is 9.90. The van der Waals surface area contributed by atoms with Gasteiger partial charge in [-0.25, -0.2) is 9.18 Å². The maximum Gasteiger partial charge on any atom is 0.326 e. The van der Waals surface area contributed by atoms with Crippen LogP contribution in [0.5, 0.6) is 0 Å². The average molecular weight is 437 g/mol. The molecule has 1 aromatic heterocycles. The van der Waals surface area contributed by atoms with Crippen LogP contribution in [0.25, 0.3) is 10.9 Å². The van der Waals surface area contributed by atoms with E-state index in [1.165, 1.54) is 12.1 Å². The van der Waals surface area contributed by atoms with Crippen molar-refractivity contribution in [3.8, 4) is 0 Å². The highest BCUT2D eigenvalue weighted by molar-refractivity contribution is 5.88. The summed E-state index contributed by atoms with van der Waals surface area (Å²) < 4.78 is 16.0. The summed E-state index contributed by atoms with van der Waals surface area (Å²) in [5, 5.41) is 10.5. The first kappa shape index (κ1) is 22.1. The van der Waals surface area contributed by atoms with Gasteiger partial charge < -0.3 is 14.6 Å². The fraction of sp³-hybridized carbons (Fsp3) is 0.385. The predicted molar refractivity (Wildman–Crippen MR) is 122 cm³/mol. The molecule has 6 heteroatoms. The monoisotopic (exact) mass is 436 g/mol. The van der Waals surface area contributed by atoms with Crippen LogP contribution in [0.4, 0.5) is 4.39 Å². The number of aromatic nitrogens is 1. The van der Waals surface area contributed by atoms with Crippen molar-refractivity contribution in [3.63, 3.8) is 0 Å². The van der Waals surface area contributed by atoms with E-state index in [1.807, 2.05) is 54.6 Å². The van der Waals surface area contributed by atoms with Crippen molar-refractivity contribution in [2.75, 3.05) is 7.05 Å². The van der Waals surface area contributed by atoms with Crippen molar-refractivity contribution in [2.45, 2.75) is 58.0 Å². The molecule has 4 rings (SSSR count). The van der Waals surface area contributed by atoms with Crippen LogP contribution in [0.2, 0.25) is 0 Å². The molecule has 168 valence electrons. The van der Waals surface area contributed by atoms with Gasteiger partial charge in [0.25, 0.3) is 0 Å². The Morgan fingerprint density at radius 2 is 2.03 bits per heavy atom. The average Bonchev–Trinajstić information content (AvgIpc) is 3.06. The number of carbonyl (C=O) groups is 2. The lowest BCUT2D eigenvalue weighted by molar-refractivity contribution is -0.141. The summed E-state index contributed by atoms with van der Waals surface area (Å²) in [5.41, 5.74) is 4.78. The van der Waals surface area contributed by atoms with Crippen LogP contribution in [0.1, 0.15) is 48.2 Å². The highest BCUT2D eigenvalue weighted by atomic mass is 19.1. The molecule has 5 nitrogen and oxygen atoms in total. The molecule has 1 aliphatic rings. The van der Waals surface area contributed by atoms with E-state index in [4.69, 9.17) is 0 Å². The van der Waals surface area contributed by atoms with E-state index < -0.39 is 12.0 Å². The van der Waals surface area contributed by atoms with Crippen molar-refractivity contribution >= 4 is 22.8 Å². The number of carboxylic acids is 1. The topological polar surface area (TPSA) is 62.5 Å². The third-order valence-electron chi connectivity index (χ3n) is 6.70. The first-order valence-corrected chi connectivity index (χ1v) is 11.1. The second kappa shape index (κ2) is 8.77. The molecular weight excluding hydrogens is 407 g/mol. The van der Waals surface area contributed by atoms with Gasteiger partial charge in [0.05, 0.1) is 6.42 Å². The van der Waals surface area contributed by atoms with Gasteiger partial charge in [0.15, 0.2) is 0 Å². The molecule has 32 heavy (non-hydrogen) atoms. The van der Waals surface area contributed by atoms with E-state index in [0.29, 0.717) is 25.7 Å². The van der Waals surface area contributed by atoms with Crippen LogP contribution < -0.4 is 0 Å². The number of hydrogen-bond acceptors (Lipinski definition) is 2. The Kier molecular flexibility index (Phi) is 6.04. The van der Waals surface area contributed by atoms with Crippen molar-refractivity contribution < 1.29 is 19.1 Å². The minimum atomic E-state index is -0.885. The summed E-state index contributed by atoms with van der Waals surface area (Å²) >= 11 is 0. The zero-order chi connectivity index (χ0) is 23.0. The molecule has 1 heterocycles. The number of rotatable bonds is 6. The van der Waals surface area contributed by atoms with Gasteiger partial charge in [-0.15, -0.1) is 0 Å². The highest BCUT2D eigenvalue weighted by Gasteiger charge is 2.32. The van der Waals surface area contributed by atoms with Gasteiger partial charge in [0, 0.05) is 29.7 Å². The number of carbonyl (C=O) groups excluding carboxylic acids is 1. The van der Waals surface area contributed by atoms with E-state index in [-0.39, 0.29) is 17.8 Å². The summed E-state index contributed by atoms with van der Waals surface area (Å²) in [6, 6.07) is 11.8. The zero-order valence-electron chi connectivity index (χ0n) is 18.8. The van der Waals surface area contributed by atoms with Gasteiger partial charge in [-0.05, 0) is 61.9 Å². The number of aliphatic carboxylic acids is 1. The number of halogens is 1. The lowest BCUT2D eigenvalue weighted by Crippen LogP contribution is -2.41. The number of amides is 1. The molecule has 0 aliphatic heterocycles. The first-order valence-electron chi connectivity index (χ1n) is 11.1. The Balaban J connectivity index is 1.65. The molecule has 1 aliphatic carbocycles. The number of carboxylic acid groups (broad SMARTS) is 1. The van der Waals surface area contributed by atoms with Crippen LogP contribution in [-0.2, 0) is 28.9 Å². The quantitative estimate of drug-likeness (QED) is 0.610. The smallest absolute Gasteiger partial charge is 0.326 e. The van der Waals surface area contributed by atoms with E-state index in [1.54, 1.807) is 6.07 Å². The lowest BCUT2D eigenvalue weighted by Gasteiger charge is -2.32. The number of benzene rings is 2. The van der Waals surface area contributed by atoms with Gasteiger partial charge in [0.2, 0.25) is 5.91 Å². The normalized spacial score (nSPS) is 16.6. The maximum atomic E-state index is 14.1. The van der Waals surface area contributed by atoms with Gasteiger partial charge in [-0.2, -0.15) is 0 Å². The number of fused-ring (bicyclic) bond motifs is 3. The second-order valence-corrected chi connectivity index (χ2v) is 8.79. The van der Waals surface area contributed by atoms with Crippen LogP contribution >= 0.6 is 0 Å². The van der Waals surface area contributed by atoms with Crippen LogP contribution in [0.15, 0.2) is 42.5 Å². The molecule has 0 saturated carbocycles. The summed E-state index contributed by atoms with van der Waals surface area (Å²) in [5.74, 6) is -1.17. The number of aryl methyl sites for hydroxylation is 1. The Labute approximate surface area is 187 Å². The molecule has 0 spiro atoms. The molecule has 2 atom stereocenters. The summed E-state index contributed by atoms with van der Waals surface area (Å²) in [7, 11) is 1.83. The standard InChI is InChI=1S/C26H29FN2O3/c1-4-22(26(31)32)29-23-10-8-18(27)14-20(23)21-15-19(9-11-24(21)29)28(3)25(30)13-17-7-5-6-16(2)12-17/h5-8,10,12,14,19,22H,4,9,11,13,15H2,1-3H3,(H,31,32). The molecule has 1 N–H and O–H groups in total. The number of likely N-dealkylation sites (N-methyl/N-ethyl adjacent to an activating group) is 1. The molecule has 0 bridgehead atoms. The largest absolute Gasteiger partial charge is 0.480 e. The summed E-state index contributed by atoms with van der Waals surface area (Å²) in [6.07, 6.45) is 2.78. The Morgan fingerprint density at radius 1 is 1.25 bits per heavy atom. The van der Waals surface area contributed by atoms with E-state index in [9.17, 15) is 19.1 Å². The van der Waals surface area contributed by atoms with Gasteiger partial charge in [-0.3, -0.25) is 4.79 Å². The van der Waals surface area contributed by atoms with Gasteiger partial charge >= 0.3 is 5.97 Å². The molecule has 2 unspecified atom stereocenters. The molecule has 3 aromatic rings. The van der Waals surface area contributed by atoms with Gasteiger partial charge in [-0.1, -0.05) is 36.8 Å². The van der Waals surface area contributed by atoms with Crippen molar-refractivity contribution in [1.29, 1.82) is 0 Å². The van der Waals surface area contributed by atoms with E-state index >= 15 is 0 Å². The zero-order valence-corrected chi connectivity index (χ0v) is 18.8.